The third-order valence-corrected chi connectivity index (χ3v) is 8.69. The van der Waals surface area contributed by atoms with E-state index in [4.69, 9.17) is 34.8 Å². The summed E-state index contributed by atoms with van der Waals surface area (Å²) in [5.41, 5.74) is 1.40. The third kappa shape index (κ3) is 7.76. The van der Waals surface area contributed by atoms with E-state index in [2.05, 4.69) is 5.32 Å². The maximum atomic E-state index is 13.7. The molecular weight excluding hydrogens is 557 g/mol. The fourth-order valence-corrected chi connectivity index (χ4v) is 6.15. The summed E-state index contributed by atoms with van der Waals surface area (Å²) in [7, 11) is -3.85. The van der Waals surface area contributed by atoms with Gasteiger partial charge in [0.25, 0.3) is 0 Å². The van der Waals surface area contributed by atoms with Gasteiger partial charge in [-0.25, -0.2) is 8.42 Å². The van der Waals surface area contributed by atoms with Crippen molar-refractivity contribution in [3.8, 4) is 0 Å². The summed E-state index contributed by atoms with van der Waals surface area (Å²) in [6.45, 7) is 2.77. The standard InChI is InChI=1S/C26H32Cl3N3O4S/c1-17-14-19(27)12-13-24(17)32(37(3,35)36)16-25(33)31(15-21-22(28)10-7-11-23(21)29)18(2)26(34)30-20-8-5-4-6-9-20/h7,10-14,18,20H,4-6,8-9,15-16H2,1-3H3,(H,30,34)/t18-/m0/s1. The fraction of sp³-hybridized carbons (Fsp3) is 0.462. The molecule has 11 heteroatoms. The van der Waals surface area contributed by atoms with Gasteiger partial charge >= 0.3 is 0 Å². The van der Waals surface area contributed by atoms with Gasteiger partial charge in [-0.05, 0) is 62.6 Å². The molecule has 0 spiro atoms. The Morgan fingerprint density at radius 1 is 1.05 bits per heavy atom. The highest BCUT2D eigenvalue weighted by Gasteiger charge is 2.32. The molecule has 1 N–H and O–H groups in total. The molecule has 37 heavy (non-hydrogen) atoms. The van der Waals surface area contributed by atoms with E-state index in [9.17, 15) is 18.0 Å². The molecular formula is C26H32Cl3N3O4S. The first-order chi connectivity index (χ1) is 17.4. The lowest BCUT2D eigenvalue weighted by molar-refractivity contribution is -0.139. The average Bonchev–Trinajstić information content (AvgIpc) is 2.82. The molecule has 3 rings (SSSR count). The monoisotopic (exact) mass is 587 g/mol. The molecule has 1 aliphatic carbocycles. The van der Waals surface area contributed by atoms with Gasteiger partial charge in [0.15, 0.2) is 0 Å². The van der Waals surface area contributed by atoms with E-state index in [1.165, 1.54) is 4.90 Å². The van der Waals surface area contributed by atoms with Crippen molar-refractivity contribution in [1.29, 1.82) is 0 Å². The number of carbonyl (C=O) groups is 2. The van der Waals surface area contributed by atoms with Crippen LogP contribution in [0.1, 0.15) is 50.2 Å². The second-order valence-electron chi connectivity index (χ2n) is 9.44. The minimum atomic E-state index is -3.85. The Bertz CT molecular complexity index is 1230. The highest BCUT2D eigenvalue weighted by Crippen LogP contribution is 2.29. The SMILES string of the molecule is Cc1cc(Cl)ccc1N(CC(=O)N(Cc1c(Cl)cccc1Cl)[C@@H](C)C(=O)NC1CCCCC1)S(C)(=O)=O. The number of nitrogens with zero attached hydrogens (tertiary/aromatic N) is 2. The highest BCUT2D eigenvalue weighted by molar-refractivity contribution is 7.92. The van der Waals surface area contributed by atoms with Gasteiger partial charge in [-0.1, -0.05) is 60.1 Å². The number of aryl methyl sites for hydroxylation is 1. The van der Waals surface area contributed by atoms with Gasteiger partial charge in [-0.15, -0.1) is 0 Å². The summed E-state index contributed by atoms with van der Waals surface area (Å²) >= 11 is 18.8. The van der Waals surface area contributed by atoms with Gasteiger partial charge in [-0.3, -0.25) is 13.9 Å². The molecule has 0 aliphatic heterocycles. The van der Waals surface area contributed by atoms with Gasteiger partial charge < -0.3 is 10.2 Å². The first-order valence-corrected chi connectivity index (χ1v) is 15.1. The number of hydrogen-bond donors (Lipinski definition) is 1. The summed E-state index contributed by atoms with van der Waals surface area (Å²) in [6.07, 6.45) is 6.04. The molecule has 1 atom stereocenters. The first kappa shape index (κ1) is 29.6. The molecule has 0 saturated heterocycles. The van der Waals surface area contributed by atoms with Crippen molar-refractivity contribution >= 4 is 62.3 Å². The summed E-state index contributed by atoms with van der Waals surface area (Å²) in [5, 5.41) is 4.19. The van der Waals surface area contributed by atoms with Crippen molar-refractivity contribution in [2.24, 2.45) is 0 Å². The average molecular weight is 589 g/mol. The Kier molecular flexibility index (Phi) is 10.1. The van der Waals surface area contributed by atoms with Gasteiger partial charge in [0, 0.05) is 33.2 Å². The largest absolute Gasteiger partial charge is 0.352 e. The van der Waals surface area contributed by atoms with Crippen molar-refractivity contribution in [3.63, 3.8) is 0 Å². The maximum Gasteiger partial charge on any atom is 0.244 e. The van der Waals surface area contributed by atoms with Gasteiger partial charge in [0.05, 0.1) is 11.9 Å². The Morgan fingerprint density at radius 3 is 2.24 bits per heavy atom. The normalized spacial score (nSPS) is 15.2. The van der Waals surface area contributed by atoms with Crippen molar-refractivity contribution in [2.45, 2.75) is 64.6 Å². The third-order valence-electron chi connectivity index (χ3n) is 6.62. The quantitative estimate of drug-likeness (QED) is 0.414. The number of benzene rings is 2. The predicted octanol–water partition coefficient (Wildman–Crippen LogP) is 5.59. The number of nitrogens with one attached hydrogen (secondary N) is 1. The molecule has 202 valence electrons. The van der Waals surface area contributed by atoms with Crippen LogP contribution in [0.5, 0.6) is 0 Å². The Morgan fingerprint density at radius 2 is 1.68 bits per heavy atom. The van der Waals surface area contributed by atoms with E-state index in [0.717, 1.165) is 42.7 Å². The molecule has 0 aromatic heterocycles. The van der Waals surface area contributed by atoms with Crippen LogP contribution in [0.3, 0.4) is 0 Å². The van der Waals surface area contributed by atoms with Gasteiger partial charge in [-0.2, -0.15) is 0 Å². The van der Waals surface area contributed by atoms with Crippen molar-refractivity contribution in [2.75, 3.05) is 17.1 Å². The van der Waals surface area contributed by atoms with Crippen LogP contribution in [0.25, 0.3) is 0 Å². The van der Waals surface area contributed by atoms with Crippen molar-refractivity contribution < 1.29 is 18.0 Å². The zero-order valence-corrected chi connectivity index (χ0v) is 24.2. The summed E-state index contributed by atoms with van der Waals surface area (Å²) < 4.78 is 26.5. The lowest BCUT2D eigenvalue weighted by Gasteiger charge is -2.33. The number of anilines is 1. The fourth-order valence-electron chi connectivity index (χ4n) is 4.50. The molecule has 1 fully saturated rings. The molecule has 1 aliphatic rings. The molecule has 2 amide bonds. The molecule has 0 bridgehead atoms. The Balaban J connectivity index is 1.94. The summed E-state index contributed by atoms with van der Waals surface area (Å²) in [5.74, 6) is -0.876. The molecule has 1 saturated carbocycles. The van der Waals surface area contributed by atoms with E-state index >= 15 is 0 Å². The molecule has 0 radical (unpaired) electrons. The van der Waals surface area contributed by atoms with Gasteiger partial charge in [0.2, 0.25) is 21.8 Å². The van der Waals surface area contributed by atoms with E-state index < -0.39 is 28.5 Å². The molecule has 2 aromatic rings. The number of amides is 2. The number of carbonyl (C=O) groups excluding carboxylic acids is 2. The van der Waals surface area contributed by atoms with Crippen LogP contribution in [-0.2, 0) is 26.2 Å². The lowest BCUT2D eigenvalue weighted by Crippen LogP contribution is -2.53. The minimum absolute atomic E-state index is 0.0498. The predicted molar refractivity (Wildman–Crippen MR) is 150 cm³/mol. The first-order valence-electron chi connectivity index (χ1n) is 12.1. The van der Waals surface area contributed by atoms with E-state index in [1.807, 2.05) is 0 Å². The number of halogens is 3. The number of sulfonamides is 1. The van der Waals surface area contributed by atoms with Crippen molar-refractivity contribution in [3.05, 3.63) is 62.6 Å². The van der Waals surface area contributed by atoms with E-state index in [0.29, 0.717) is 31.9 Å². The van der Waals surface area contributed by atoms with E-state index in [1.54, 1.807) is 50.2 Å². The van der Waals surface area contributed by atoms with Crippen LogP contribution in [-0.4, -0.2) is 50.0 Å². The van der Waals surface area contributed by atoms with Crippen LogP contribution >= 0.6 is 34.8 Å². The number of rotatable bonds is 9. The Labute approximate surface area is 234 Å². The second kappa shape index (κ2) is 12.7. The van der Waals surface area contributed by atoms with Crippen LogP contribution in [0.4, 0.5) is 5.69 Å². The van der Waals surface area contributed by atoms with Crippen LogP contribution in [0.15, 0.2) is 36.4 Å². The minimum Gasteiger partial charge on any atom is -0.352 e. The number of hydrogen-bond acceptors (Lipinski definition) is 4. The highest BCUT2D eigenvalue weighted by atomic mass is 35.5. The molecule has 2 aromatic carbocycles. The zero-order valence-electron chi connectivity index (χ0n) is 21.1. The van der Waals surface area contributed by atoms with Crippen LogP contribution in [0, 0.1) is 6.92 Å². The Hall–Kier alpha value is -2.00. The summed E-state index contributed by atoms with van der Waals surface area (Å²) in [4.78, 5) is 28.3. The molecule has 7 nitrogen and oxygen atoms in total. The zero-order chi connectivity index (χ0) is 27.3. The van der Waals surface area contributed by atoms with E-state index in [-0.39, 0.29) is 18.5 Å². The molecule has 0 heterocycles. The van der Waals surface area contributed by atoms with Crippen LogP contribution in [0.2, 0.25) is 15.1 Å². The topological polar surface area (TPSA) is 86.8 Å². The van der Waals surface area contributed by atoms with Gasteiger partial charge in [0.1, 0.15) is 12.6 Å². The van der Waals surface area contributed by atoms with Crippen molar-refractivity contribution in [1.82, 2.24) is 10.2 Å². The lowest BCUT2D eigenvalue weighted by atomic mass is 9.95. The summed E-state index contributed by atoms with van der Waals surface area (Å²) in [6, 6.07) is 8.89. The maximum absolute atomic E-state index is 13.7. The second-order valence-corrected chi connectivity index (χ2v) is 12.6. The smallest absolute Gasteiger partial charge is 0.244 e. The van der Waals surface area contributed by atoms with Crippen LogP contribution < -0.4 is 9.62 Å². The molecule has 0 unspecified atom stereocenters.